The first-order chi connectivity index (χ1) is 6.83. The van der Waals surface area contributed by atoms with Gasteiger partial charge in [0.1, 0.15) is 5.52 Å². The van der Waals surface area contributed by atoms with Crippen LogP contribution in [-0.2, 0) is 0 Å². The van der Waals surface area contributed by atoms with Gasteiger partial charge in [0.15, 0.2) is 5.65 Å². The number of aryl methyl sites for hydroxylation is 1. The van der Waals surface area contributed by atoms with Gasteiger partial charge in [0.2, 0.25) is 0 Å². The van der Waals surface area contributed by atoms with Crippen LogP contribution in [0.25, 0.3) is 11.2 Å². The molecule has 2 aromatic rings. The number of nitrogens with one attached hydrogen (secondary N) is 1. The second-order valence-electron chi connectivity index (χ2n) is 4.10. The number of rotatable bonds is 1. The van der Waals surface area contributed by atoms with Gasteiger partial charge < -0.3 is 4.98 Å². The molecule has 0 saturated heterocycles. The van der Waals surface area contributed by atoms with Crippen molar-refractivity contribution >= 4 is 11.2 Å². The maximum absolute atomic E-state index is 4.42. The predicted octanol–water partition coefficient (Wildman–Crippen LogP) is 2.53. The molecule has 2 heterocycles. The fourth-order valence-electron chi connectivity index (χ4n) is 1.94. The summed E-state index contributed by atoms with van der Waals surface area (Å²) in [7, 11) is 0. The van der Waals surface area contributed by atoms with Crippen molar-refractivity contribution in [2.75, 3.05) is 0 Å². The highest BCUT2D eigenvalue weighted by Gasteiger charge is 2.21. The van der Waals surface area contributed by atoms with Crippen LogP contribution in [-0.4, -0.2) is 15.0 Å². The van der Waals surface area contributed by atoms with Gasteiger partial charge in [0.05, 0.1) is 5.69 Å². The second-order valence-corrected chi connectivity index (χ2v) is 4.10. The summed E-state index contributed by atoms with van der Waals surface area (Å²) in [5.41, 5.74) is 4.22. The fourth-order valence-corrected chi connectivity index (χ4v) is 1.94. The van der Waals surface area contributed by atoms with Crippen LogP contribution in [0.4, 0.5) is 0 Å². The highest BCUT2D eigenvalue weighted by Crippen LogP contribution is 2.36. The zero-order valence-electron chi connectivity index (χ0n) is 8.25. The molecule has 0 atom stereocenters. The molecule has 14 heavy (non-hydrogen) atoms. The summed E-state index contributed by atoms with van der Waals surface area (Å²) >= 11 is 0. The molecular formula is C11H13N3. The third kappa shape index (κ3) is 1.12. The standard InChI is InChI=1S/C11H13N3/c1-7-6-12-10-5-9(8-3-2-4-8)14-11(10)13-7/h5-6,8H,2-4H2,1H3,(H,13,14). The van der Waals surface area contributed by atoms with E-state index in [1.165, 1.54) is 25.0 Å². The Bertz CT molecular complexity index is 468. The molecule has 1 fully saturated rings. The lowest BCUT2D eigenvalue weighted by Gasteiger charge is -2.23. The van der Waals surface area contributed by atoms with Crippen LogP contribution in [0.2, 0.25) is 0 Å². The smallest absolute Gasteiger partial charge is 0.156 e. The minimum atomic E-state index is 0.728. The van der Waals surface area contributed by atoms with Crippen molar-refractivity contribution in [2.45, 2.75) is 32.1 Å². The molecule has 0 radical (unpaired) electrons. The topological polar surface area (TPSA) is 41.6 Å². The highest BCUT2D eigenvalue weighted by molar-refractivity contribution is 5.71. The molecule has 2 aromatic heterocycles. The van der Waals surface area contributed by atoms with Gasteiger partial charge in [-0.25, -0.2) is 4.98 Å². The lowest BCUT2D eigenvalue weighted by atomic mass is 9.83. The number of H-pyrrole nitrogens is 1. The van der Waals surface area contributed by atoms with Crippen molar-refractivity contribution in [1.82, 2.24) is 15.0 Å². The van der Waals surface area contributed by atoms with Crippen molar-refractivity contribution in [3.05, 3.63) is 23.7 Å². The molecule has 72 valence electrons. The minimum absolute atomic E-state index is 0.728. The molecule has 0 amide bonds. The lowest BCUT2D eigenvalue weighted by Crippen LogP contribution is -2.08. The molecule has 1 aliphatic carbocycles. The number of hydrogen-bond acceptors (Lipinski definition) is 2. The monoisotopic (exact) mass is 187 g/mol. The Balaban J connectivity index is 2.10. The van der Waals surface area contributed by atoms with Gasteiger partial charge in [-0.3, -0.25) is 4.98 Å². The van der Waals surface area contributed by atoms with E-state index >= 15 is 0 Å². The van der Waals surface area contributed by atoms with Crippen molar-refractivity contribution in [3.63, 3.8) is 0 Å². The quantitative estimate of drug-likeness (QED) is 0.745. The molecule has 3 rings (SSSR count). The van der Waals surface area contributed by atoms with E-state index < -0.39 is 0 Å². The Kier molecular flexibility index (Phi) is 1.60. The number of aromatic nitrogens is 3. The minimum Gasteiger partial charge on any atom is -0.342 e. The van der Waals surface area contributed by atoms with Crippen LogP contribution in [0.5, 0.6) is 0 Å². The predicted molar refractivity (Wildman–Crippen MR) is 55.2 cm³/mol. The van der Waals surface area contributed by atoms with E-state index in [2.05, 4.69) is 21.0 Å². The Hall–Kier alpha value is -1.38. The molecule has 3 heteroatoms. The SMILES string of the molecule is Cc1cnc2cc(C3CCC3)[nH]c2n1. The molecule has 3 nitrogen and oxygen atoms in total. The van der Waals surface area contributed by atoms with Crippen molar-refractivity contribution in [1.29, 1.82) is 0 Å². The summed E-state index contributed by atoms with van der Waals surface area (Å²) in [6.45, 7) is 1.97. The van der Waals surface area contributed by atoms with E-state index in [1.54, 1.807) is 0 Å². The molecular weight excluding hydrogens is 174 g/mol. The number of hydrogen-bond donors (Lipinski definition) is 1. The summed E-state index contributed by atoms with van der Waals surface area (Å²) in [5.74, 6) is 0.728. The summed E-state index contributed by atoms with van der Waals surface area (Å²) in [4.78, 5) is 12.1. The first-order valence-electron chi connectivity index (χ1n) is 5.15. The molecule has 1 saturated carbocycles. The first-order valence-corrected chi connectivity index (χ1v) is 5.15. The molecule has 0 aromatic carbocycles. The Morgan fingerprint density at radius 1 is 1.43 bits per heavy atom. The van der Waals surface area contributed by atoms with E-state index in [4.69, 9.17) is 0 Å². The molecule has 0 spiro atoms. The van der Waals surface area contributed by atoms with Gasteiger partial charge in [-0.1, -0.05) is 6.42 Å². The van der Waals surface area contributed by atoms with Gasteiger partial charge in [-0.15, -0.1) is 0 Å². The van der Waals surface area contributed by atoms with E-state index in [-0.39, 0.29) is 0 Å². The van der Waals surface area contributed by atoms with Crippen molar-refractivity contribution in [2.24, 2.45) is 0 Å². The molecule has 0 aliphatic heterocycles. The summed E-state index contributed by atoms with van der Waals surface area (Å²) in [6.07, 6.45) is 5.80. The third-order valence-corrected chi connectivity index (χ3v) is 3.02. The van der Waals surface area contributed by atoms with Crippen LogP contribution < -0.4 is 0 Å². The molecule has 1 aliphatic rings. The van der Waals surface area contributed by atoms with E-state index in [0.29, 0.717) is 0 Å². The highest BCUT2D eigenvalue weighted by atomic mass is 14.9. The largest absolute Gasteiger partial charge is 0.342 e. The van der Waals surface area contributed by atoms with Crippen LogP contribution >= 0.6 is 0 Å². The zero-order valence-corrected chi connectivity index (χ0v) is 8.25. The maximum Gasteiger partial charge on any atom is 0.156 e. The van der Waals surface area contributed by atoms with Gasteiger partial charge in [0, 0.05) is 11.9 Å². The summed E-state index contributed by atoms with van der Waals surface area (Å²) in [6, 6.07) is 2.14. The molecule has 0 bridgehead atoms. The zero-order chi connectivity index (χ0) is 9.54. The summed E-state index contributed by atoms with van der Waals surface area (Å²) < 4.78 is 0. The number of nitrogens with zero attached hydrogens (tertiary/aromatic N) is 2. The fraction of sp³-hybridized carbons (Fsp3) is 0.455. The van der Waals surface area contributed by atoms with E-state index in [9.17, 15) is 0 Å². The Morgan fingerprint density at radius 3 is 3.00 bits per heavy atom. The maximum atomic E-state index is 4.42. The van der Waals surface area contributed by atoms with Gasteiger partial charge in [-0.2, -0.15) is 0 Å². The van der Waals surface area contributed by atoms with E-state index in [1.807, 2.05) is 13.1 Å². The van der Waals surface area contributed by atoms with Crippen LogP contribution in [0.3, 0.4) is 0 Å². The number of fused-ring (bicyclic) bond motifs is 1. The Morgan fingerprint density at radius 2 is 2.29 bits per heavy atom. The van der Waals surface area contributed by atoms with Crippen LogP contribution in [0, 0.1) is 6.92 Å². The van der Waals surface area contributed by atoms with Gasteiger partial charge in [-0.05, 0) is 31.7 Å². The second kappa shape index (κ2) is 2.80. The van der Waals surface area contributed by atoms with Crippen molar-refractivity contribution < 1.29 is 0 Å². The Labute approximate surface area is 82.6 Å². The van der Waals surface area contributed by atoms with Gasteiger partial charge >= 0.3 is 0 Å². The number of aromatic amines is 1. The molecule has 0 unspecified atom stereocenters. The van der Waals surface area contributed by atoms with E-state index in [0.717, 1.165) is 22.8 Å². The average Bonchev–Trinajstić information content (AvgIpc) is 2.43. The first kappa shape index (κ1) is 7.97. The van der Waals surface area contributed by atoms with Crippen LogP contribution in [0.1, 0.15) is 36.6 Å². The molecule has 1 N–H and O–H groups in total. The van der Waals surface area contributed by atoms with Crippen molar-refractivity contribution in [3.8, 4) is 0 Å². The van der Waals surface area contributed by atoms with Crippen LogP contribution in [0.15, 0.2) is 12.3 Å². The third-order valence-electron chi connectivity index (χ3n) is 3.02. The van der Waals surface area contributed by atoms with Gasteiger partial charge in [0.25, 0.3) is 0 Å². The summed E-state index contributed by atoms with van der Waals surface area (Å²) in [5, 5.41) is 0. The lowest BCUT2D eigenvalue weighted by molar-refractivity contribution is 0.413. The average molecular weight is 187 g/mol. The normalized spacial score (nSPS) is 17.2.